The fourth-order valence-corrected chi connectivity index (χ4v) is 5.17. The number of fused-ring (bicyclic) bond motifs is 1. The lowest BCUT2D eigenvalue weighted by molar-refractivity contribution is 0.0620. The number of carbonyl (C=O) groups excluding carboxylic acids is 1. The van der Waals surface area contributed by atoms with E-state index < -0.39 is 27.4 Å². The number of hydrogen-bond acceptors (Lipinski definition) is 6. The van der Waals surface area contributed by atoms with E-state index in [1.54, 1.807) is 18.2 Å². The van der Waals surface area contributed by atoms with Crippen LogP contribution in [0.3, 0.4) is 0 Å². The Balaban J connectivity index is 1.99. The van der Waals surface area contributed by atoms with E-state index in [1.165, 1.54) is 18.1 Å². The zero-order chi connectivity index (χ0) is 18.9. The van der Waals surface area contributed by atoms with Crippen LogP contribution in [-0.2, 0) is 14.6 Å². The molecule has 1 unspecified atom stereocenters. The minimum Gasteiger partial charge on any atom is -0.422 e. The summed E-state index contributed by atoms with van der Waals surface area (Å²) in [5.41, 5.74) is -0.481. The zero-order valence-corrected chi connectivity index (χ0v) is 16.5. The van der Waals surface area contributed by atoms with Crippen molar-refractivity contribution < 1.29 is 22.4 Å². The van der Waals surface area contributed by atoms with E-state index >= 15 is 0 Å². The third-order valence-corrected chi connectivity index (χ3v) is 6.61. The first-order chi connectivity index (χ1) is 12.3. The number of methoxy groups -OCH3 is 1. The van der Waals surface area contributed by atoms with Crippen molar-refractivity contribution in [2.24, 2.45) is 0 Å². The van der Waals surface area contributed by atoms with Gasteiger partial charge in [0.05, 0.1) is 18.1 Å². The summed E-state index contributed by atoms with van der Waals surface area (Å²) in [6, 6.07) is 6.13. The van der Waals surface area contributed by atoms with Crippen molar-refractivity contribution in [2.45, 2.75) is 12.5 Å². The third-order valence-electron chi connectivity index (χ3n) is 4.37. The smallest absolute Gasteiger partial charge is 0.349 e. The first-order valence-electron chi connectivity index (χ1n) is 8.04. The quantitative estimate of drug-likeness (QED) is 0.654. The Hall–Kier alpha value is -1.71. The van der Waals surface area contributed by atoms with Crippen molar-refractivity contribution in [1.29, 1.82) is 0 Å². The molecule has 2 heterocycles. The Morgan fingerprint density at radius 1 is 1.38 bits per heavy atom. The van der Waals surface area contributed by atoms with Gasteiger partial charge in [0, 0.05) is 29.6 Å². The highest BCUT2D eigenvalue weighted by Gasteiger charge is 2.35. The van der Waals surface area contributed by atoms with Crippen molar-refractivity contribution in [3.63, 3.8) is 0 Å². The number of carbonyl (C=O) groups is 1. The highest BCUT2D eigenvalue weighted by molar-refractivity contribution is 9.10. The molecule has 7 nitrogen and oxygen atoms in total. The molecule has 26 heavy (non-hydrogen) atoms. The fraction of sp³-hybridized carbons (Fsp3) is 0.412. The minimum absolute atomic E-state index is 0.0354. The number of amides is 1. The van der Waals surface area contributed by atoms with E-state index in [0.29, 0.717) is 17.4 Å². The summed E-state index contributed by atoms with van der Waals surface area (Å²) in [6.07, 6.45) is 0.349. The molecular formula is C17H18BrNO6S. The van der Waals surface area contributed by atoms with E-state index in [9.17, 15) is 18.0 Å². The van der Waals surface area contributed by atoms with E-state index in [2.05, 4.69) is 15.9 Å². The average Bonchev–Trinajstić information content (AvgIpc) is 2.94. The molecule has 1 aromatic heterocycles. The summed E-state index contributed by atoms with van der Waals surface area (Å²) >= 11 is 3.34. The van der Waals surface area contributed by atoms with Gasteiger partial charge in [0.15, 0.2) is 9.84 Å². The van der Waals surface area contributed by atoms with Crippen LogP contribution in [0.5, 0.6) is 0 Å². The van der Waals surface area contributed by atoms with Crippen LogP contribution in [0.25, 0.3) is 11.0 Å². The second-order valence-corrected chi connectivity index (χ2v) is 9.32. The molecule has 1 atom stereocenters. The van der Waals surface area contributed by atoms with E-state index in [-0.39, 0.29) is 30.2 Å². The summed E-state index contributed by atoms with van der Waals surface area (Å²) in [5.74, 6) is -0.611. The second kappa shape index (κ2) is 7.50. The monoisotopic (exact) mass is 443 g/mol. The lowest BCUT2D eigenvalue weighted by Crippen LogP contribution is -2.44. The highest BCUT2D eigenvalue weighted by Crippen LogP contribution is 2.22. The van der Waals surface area contributed by atoms with Crippen LogP contribution < -0.4 is 5.63 Å². The first kappa shape index (κ1) is 19.1. The Kier molecular flexibility index (Phi) is 5.50. The maximum atomic E-state index is 13.0. The molecule has 0 aliphatic carbocycles. The van der Waals surface area contributed by atoms with Crippen molar-refractivity contribution >= 4 is 42.6 Å². The van der Waals surface area contributed by atoms with Gasteiger partial charge in [0.1, 0.15) is 11.1 Å². The summed E-state index contributed by atoms with van der Waals surface area (Å²) in [6.45, 7) is 0.443. The molecule has 1 aliphatic heterocycles. The standard InChI is InChI=1S/C17H18BrNO6S/c1-24-6-5-19(13-4-7-26(22,23)10-13)16(20)14-9-11-8-12(18)2-3-15(11)25-17(14)21/h2-3,8-9,13H,4-7,10H2,1H3. The van der Waals surface area contributed by atoms with Crippen molar-refractivity contribution in [1.82, 2.24) is 4.90 Å². The van der Waals surface area contributed by atoms with Gasteiger partial charge in [-0.05, 0) is 30.7 Å². The highest BCUT2D eigenvalue weighted by atomic mass is 79.9. The molecule has 1 amide bonds. The Labute approximate surface area is 159 Å². The van der Waals surface area contributed by atoms with Gasteiger partial charge in [0.25, 0.3) is 5.91 Å². The van der Waals surface area contributed by atoms with Gasteiger partial charge >= 0.3 is 5.63 Å². The van der Waals surface area contributed by atoms with Crippen LogP contribution in [0, 0.1) is 0 Å². The van der Waals surface area contributed by atoms with Crippen molar-refractivity contribution in [3.05, 3.63) is 44.7 Å². The number of sulfone groups is 1. The topological polar surface area (TPSA) is 93.9 Å². The van der Waals surface area contributed by atoms with Gasteiger partial charge in [0.2, 0.25) is 0 Å². The molecule has 1 aromatic carbocycles. The zero-order valence-electron chi connectivity index (χ0n) is 14.1. The van der Waals surface area contributed by atoms with Crippen LogP contribution in [0.1, 0.15) is 16.8 Å². The van der Waals surface area contributed by atoms with Gasteiger partial charge in [-0.3, -0.25) is 4.79 Å². The molecule has 0 bridgehead atoms. The molecule has 9 heteroatoms. The summed E-state index contributed by atoms with van der Waals surface area (Å²) in [5, 5.41) is 0.605. The van der Waals surface area contributed by atoms with Gasteiger partial charge in [-0.15, -0.1) is 0 Å². The van der Waals surface area contributed by atoms with E-state index in [4.69, 9.17) is 9.15 Å². The van der Waals surface area contributed by atoms with E-state index in [1.807, 2.05) is 0 Å². The number of rotatable bonds is 5. The molecule has 0 N–H and O–H groups in total. The molecule has 1 fully saturated rings. The summed E-state index contributed by atoms with van der Waals surface area (Å²) in [4.78, 5) is 26.7. The predicted molar refractivity (Wildman–Crippen MR) is 100 cm³/mol. The third kappa shape index (κ3) is 3.99. The van der Waals surface area contributed by atoms with E-state index in [0.717, 1.165) is 4.47 Å². The van der Waals surface area contributed by atoms with Crippen LogP contribution >= 0.6 is 15.9 Å². The number of nitrogens with zero attached hydrogens (tertiary/aromatic N) is 1. The minimum atomic E-state index is -3.17. The fourth-order valence-electron chi connectivity index (χ4n) is 3.06. The average molecular weight is 444 g/mol. The molecule has 1 aliphatic rings. The van der Waals surface area contributed by atoms with Gasteiger partial charge in [-0.2, -0.15) is 0 Å². The number of halogens is 1. The normalized spacial score (nSPS) is 18.9. The SMILES string of the molecule is COCCN(C(=O)c1cc2cc(Br)ccc2oc1=O)C1CCS(=O)(=O)C1. The number of hydrogen-bond donors (Lipinski definition) is 0. The molecule has 0 radical (unpaired) electrons. The van der Waals surface area contributed by atoms with Gasteiger partial charge in [-0.1, -0.05) is 15.9 Å². The van der Waals surface area contributed by atoms with Crippen LogP contribution in [0.15, 0.2) is 37.9 Å². The Morgan fingerprint density at radius 2 is 2.15 bits per heavy atom. The van der Waals surface area contributed by atoms with Gasteiger partial charge in [-0.25, -0.2) is 13.2 Å². The predicted octanol–water partition coefficient (Wildman–Crippen LogP) is 1.83. The van der Waals surface area contributed by atoms with Crippen LogP contribution in [0.2, 0.25) is 0 Å². The molecule has 1 saturated heterocycles. The lowest BCUT2D eigenvalue weighted by Gasteiger charge is -2.27. The Morgan fingerprint density at radius 3 is 2.81 bits per heavy atom. The molecule has 2 aromatic rings. The summed E-state index contributed by atoms with van der Waals surface area (Å²) < 4.78 is 34.7. The number of ether oxygens (including phenoxy) is 1. The maximum Gasteiger partial charge on any atom is 0.349 e. The van der Waals surface area contributed by atoms with Crippen LogP contribution in [0.4, 0.5) is 0 Å². The number of benzene rings is 1. The molecule has 3 rings (SSSR count). The maximum absolute atomic E-state index is 13.0. The largest absolute Gasteiger partial charge is 0.422 e. The van der Waals surface area contributed by atoms with Crippen molar-refractivity contribution in [3.8, 4) is 0 Å². The molecular weight excluding hydrogens is 426 g/mol. The molecule has 0 spiro atoms. The Bertz CT molecular complexity index is 1000. The lowest BCUT2D eigenvalue weighted by atomic mass is 10.1. The van der Waals surface area contributed by atoms with Gasteiger partial charge < -0.3 is 14.1 Å². The molecule has 0 saturated carbocycles. The molecule has 140 valence electrons. The summed E-state index contributed by atoms with van der Waals surface area (Å²) in [7, 11) is -1.68. The van der Waals surface area contributed by atoms with Crippen molar-refractivity contribution in [2.75, 3.05) is 31.8 Å². The second-order valence-electron chi connectivity index (χ2n) is 6.18. The first-order valence-corrected chi connectivity index (χ1v) is 10.7. The van der Waals surface area contributed by atoms with Crippen LogP contribution in [-0.4, -0.2) is 57.0 Å².